The number of sulfonamides is 1. The normalized spacial score (nSPS) is 12.4. The smallest absolute Gasteiger partial charge is 0.225 e. The van der Waals surface area contributed by atoms with Gasteiger partial charge in [-0.2, -0.15) is 0 Å². The maximum atomic E-state index is 11.5. The van der Waals surface area contributed by atoms with Gasteiger partial charge in [0.1, 0.15) is 0 Å². The van der Waals surface area contributed by atoms with Crippen LogP contribution >= 0.6 is 0 Å². The second kappa shape index (κ2) is 6.52. The molecule has 0 fully saturated rings. The van der Waals surface area contributed by atoms with E-state index in [2.05, 4.69) is 13.5 Å². The Kier molecular flexibility index (Phi) is 5.31. The number of nitrogens with two attached hydrogens (primary N) is 1. The van der Waals surface area contributed by atoms with E-state index >= 15 is 0 Å². The molecule has 0 amide bonds. The molecule has 2 N–H and O–H groups in total. The molecular formula is C14H19NO2S. The van der Waals surface area contributed by atoms with Crippen LogP contribution in [-0.2, 0) is 10.0 Å². The predicted octanol–water partition coefficient (Wildman–Crippen LogP) is 3.09. The van der Waals surface area contributed by atoms with Crippen LogP contribution in [0, 0.1) is 0 Å². The quantitative estimate of drug-likeness (QED) is 0.634. The van der Waals surface area contributed by atoms with Crippen LogP contribution in [0.3, 0.4) is 0 Å². The lowest BCUT2D eigenvalue weighted by Crippen LogP contribution is -2.14. The van der Waals surface area contributed by atoms with E-state index < -0.39 is 10.0 Å². The number of hydrogen-bond donors (Lipinski definition) is 1. The van der Waals surface area contributed by atoms with E-state index in [1.54, 1.807) is 24.3 Å². The number of primary sulfonamides is 1. The second-order valence-electron chi connectivity index (χ2n) is 4.05. The third-order valence-corrected chi connectivity index (χ3v) is 3.62. The van der Waals surface area contributed by atoms with Gasteiger partial charge in [-0.25, -0.2) is 13.6 Å². The summed E-state index contributed by atoms with van der Waals surface area (Å²) in [6.45, 7) is 5.85. The van der Waals surface area contributed by atoms with E-state index in [-0.39, 0.29) is 4.90 Å². The maximum Gasteiger partial charge on any atom is 0.238 e. The largest absolute Gasteiger partial charge is 0.238 e. The molecule has 0 atom stereocenters. The van der Waals surface area contributed by atoms with Gasteiger partial charge in [-0.05, 0) is 18.1 Å². The standard InChI is InChI=1S/C14H19NO2S/c1-3-5-6-9-12(4-2)13-10-7-8-11-14(13)18(15,16)17/h4,7-11H,2-3,5-6H2,1H3,(H2,15,16,17). The SMILES string of the molecule is C=CC(=CCCCC)c1ccccc1S(N)(=O)=O. The summed E-state index contributed by atoms with van der Waals surface area (Å²) in [5.74, 6) is 0. The summed E-state index contributed by atoms with van der Waals surface area (Å²) in [5, 5.41) is 5.22. The van der Waals surface area contributed by atoms with Crippen LogP contribution in [0.5, 0.6) is 0 Å². The summed E-state index contributed by atoms with van der Waals surface area (Å²) < 4.78 is 23.0. The first-order chi connectivity index (χ1) is 8.50. The molecule has 1 aromatic carbocycles. The Morgan fingerprint density at radius 1 is 1.39 bits per heavy atom. The topological polar surface area (TPSA) is 60.2 Å². The molecule has 0 unspecified atom stereocenters. The number of rotatable bonds is 6. The van der Waals surface area contributed by atoms with Crippen LogP contribution in [0.1, 0.15) is 31.7 Å². The zero-order valence-electron chi connectivity index (χ0n) is 10.6. The minimum absolute atomic E-state index is 0.146. The lowest BCUT2D eigenvalue weighted by atomic mass is 10.0. The van der Waals surface area contributed by atoms with Crippen molar-refractivity contribution in [1.29, 1.82) is 0 Å². The van der Waals surface area contributed by atoms with E-state index in [4.69, 9.17) is 5.14 Å². The summed E-state index contributed by atoms with van der Waals surface area (Å²) in [7, 11) is -3.71. The Morgan fingerprint density at radius 2 is 2.06 bits per heavy atom. The first kappa shape index (κ1) is 14.7. The zero-order chi connectivity index (χ0) is 13.6. The lowest BCUT2D eigenvalue weighted by molar-refractivity contribution is 0.597. The molecule has 18 heavy (non-hydrogen) atoms. The zero-order valence-corrected chi connectivity index (χ0v) is 11.4. The van der Waals surface area contributed by atoms with Gasteiger partial charge in [-0.15, -0.1) is 0 Å². The number of benzene rings is 1. The summed E-state index contributed by atoms with van der Waals surface area (Å²) >= 11 is 0. The second-order valence-corrected chi connectivity index (χ2v) is 5.58. The lowest BCUT2D eigenvalue weighted by Gasteiger charge is -2.08. The minimum atomic E-state index is -3.71. The van der Waals surface area contributed by atoms with Gasteiger partial charge in [0.05, 0.1) is 4.90 Å². The van der Waals surface area contributed by atoms with E-state index in [1.165, 1.54) is 6.07 Å². The average molecular weight is 265 g/mol. The summed E-state index contributed by atoms with van der Waals surface area (Å²) in [6.07, 6.45) is 6.73. The van der Waals surface area contributed by atoms with Gasteiger partial charge in [0.15, 0.2) is 0 Å². The van der Waals surface area contributed by atoms with E-state index in [9.17, 15) is 8.42 Å². The maximum absolute atomic E-state index is 11.5. The van der Waals surface area contributed by atoms with Crippen molar-refractivity contribution in [3.05, 3.63) is 48.6 Å². The third-order valence-electron chi connectivity index (χ3n) is 2.65. The monoisotopic (exact) mass is 265 g/mol. The van der Waals surface area contributed by atoms with Gasteiger partial charge in [0.25, 0.3) is 0 Å². The van der Waals surface area contributed by atoms with Crippen LogP contribution in [-0.4, -0.2) is 8.42 Å². The summed E-state index contributed by atoms with van der Waals surface area (Å²) in [6, 6.07) is 6.72. The molecule has 0 bridgehead atoms. The van der Waals surface area contributed by atoms with Crippen LogP contribution in [0.15, 0.2) is 47.9 Å². The van der Waals surface area contributed by atoms with E-state index in [0.717, 1.165) is 24.8 Å². The Hall–Kier alpha value is -1.39. The molecule has 4 heteroatoms. The molecule has 1 aromatic rings. The third kappa shape index (κ3) is 3.82. The minimum Gasteiger partial charge on any atom is -0.225 e. The van der Waals surface area contributed by atoms with E-state index in [1.807, 2.05) is 6.08 Å². The highest BCUT2D eigenvalue weighted by Gasteiger charge is 2.14. The molecule has 3 nitrogen and oxygen atoms in total. The summed E-state index contributed by atoms with van der Waals surface area (Å²) in [5.41, 5.74) is 1.43. The highest BCUT2D eigenvalue weighted by molar-refractivity contribution is 7.89. The Morgan fingerprint density at radius 3 is 2.61 bits per heavy atom. The highest BCUT2D eigenvalue weighted by atomic mass is 32.2. The fourth-order valence-corrected chi connectivity index (χ4v) is 2.48. The molecule has 0 saturated carbocycles. The summed E-state index contributed by atoms with van der Waals surface area (Å²) in [4.78, 5) is 0.146. The van der Waals surface area contributed by atoms with Gasteiger partial charge in [-0.3, -0.25) is 0 Å². The molecular weight excluding hydrogens is 246 g/mol. The Balaban J connectivity index is 3.22. The average Bonchev–Trinajstić information content (AvgIpc) is 2.34. The van der Waals surface area contributed by atoms with Crippen molar-refractivity contribution in [2.24, 2.45) is 5.14 Å². The van der Waals surface area contributed by atoms with Crippen molar-refractivity contribution in [2.45, 2.75) is 31.1 Å². The highest BCUT2D eigenvalue weighted by Crippen LogP contribution is 2.24. The molecule has 0 aromatic heterocycles. The van der Waals surface area contributed by atoms with Gasteiger partial charge in [0, 0.05) is 5.56 Å². The molecule has 0 spiro atoms. The molecule has 0 aliphatic heterocycles. The molecule has 0 saturated heterocycles. The van der Waals surface area contributed by atoms with Gasteiger partial charge >= 0.3 is 0 Å². The number of unbranched alkanes of at least 4 members (excludes halogenated alkanes) is 2. The molecule has 0 aliphatic carbocycles. The molecule has 98 valence electrons. The molecule has 1 rings (SSSR count). The van der Waals surface area contributed by atoms with Gasteiger partial charge in [0.2, 0.25) is 10.0 Å². The van der Waals surface area contributed by atoms with Gasteiger partial charge in [-0.1, -0.05) is 56.7 Å². The fraction of sp³-hybridized carbons (Fsp3) is 0.286. The van der Waals surface area contributed by atoms with Crippen LogP contribution in [0.4, 0.5) is 0 Å². The van der Waals surface area contributed by atoms with Crippen LogP contribution < -0.4 is 5.14 Å². The van der Waals surface area contributed by atoms with E-state index in [0.29, 0.717) is 5.56 Å². The molecule has 0 aliphatic rings. The number of hydrogen-bond acceptors (Lipinski definition) is 2. The molecule has 0 heterocycles. The number of allylic oxidation sites excluding steroid dienone is 3. The van der Waals surface area contributed by atoms with Gasteiger partial charge < -0.3 is 0 Å². The first-order valence-electron chi connectivity index (χ1n) is 5.95. The van der Waals surface area contributed by atoms with Crippen LogP contribution in [0.2, 0.25) is 0 Å². The van der Waals surface area contributed by atoms with Crippen LogP contribution in [0.25, 0.3) is 5.57 Å². The first-order valence-corrected chi connectivity index (χ1v) is 7.50. The van der Waals surface area contributed by atoms with Crippen molar-refractivity contribution >= 4 is 15.6 Å². The fourth-order valence-electron chi connectivity index (χ4n) is 1.72. The van der Waals surface area contributed by atoms with Crippen molar-refractivity contribution in [3.63, 3.8) is 0 Å². The van der Waals surface area contributed by atoms with Crippen molar-refractivity contribution < 1.29 is 8.42 Å². The Bertz CT molecular complexity index is 545. The van der Waals surface area contributed by atoms with Crippen molar-refractivity contribution in [3.8, 4) is 0 Å². The van der Waals surface area contributed by atoms with Crippen molar-refractivity contribution in [1.82, 2.24) is 0 Å². The Labute approximate surface area is 109 Å². The van der Waals surface area contributed by atoms with Crippen molar-refractivity contribution in [2.75, 3.05) is 0 Å². The molecule has 0 radical (unpaired) electrons. The predicted molar refractivity (Wildman–Crippen MR) is 75.5 cm³/mol.